The van der Waals surface area contributed by atoms with Crippen molar-refractivity contribution in [3.63, 3.8) is 0 Å². The molecule has 0 radical (unpaired) electrons. The summed E-state index contributed by atoms with van der Waals surface area (Å²) in [6.07, 6.45) is 2.36. The van der Waals surface area contributed by atoms with Gasteiger partial charge in [0.25, 0.3) is 15.9 Å². The zero-order valence-corrected chi connectivity index (χ0v) is 16.9. The van der Waals surface area contributed by atoms with Crippen LogP contribution in [0.5, 0.6) is 0 Å². The lowest BCUT2D eigenvalue weighted by atomic mass is 9.90. The molecule has 2 aromatic carbocycles. The fourth-order valence-electron chi connectivity index (χ4n) is 3.14. The van der Waals surface area contributed by atoms with Gasteiger partial charge < -0.3 is 0 Å². The maximum atomic E-state index is 13.1. The molecule has 0 aliphatic carbocycles. The molecule has 0 saturated carbocycles. The lowest BCUT2D eigenvalue weighted by Crippen LogP contribution is -2.52. The van der Waals surface area contributed by atoms with Gasteiger partial charge in [0.2, 0.25) is 0 Å². The first kappa shape index (κ1) is 19.6. The Morgan fingerprint density at radius 3 is 2.30 bits per heavy atom. The van der Waals surface area contributed by atoms with Gasteiger partial charge in [-0.25, -0.2) is 12.7 Å². The number of carbonyl (C=O) groups excluding carboxylic acids is 1. The number of allylic oxidation sites excluding steroid dienone is 1. The third-order valence-corrected chi connectivity index (χ3v) is 6.83. The molecule has 2 aromatic rings. The van der Waals surface area contributed by atoms with Crippen molar-refractivity contribution in [1.82, 2.24) is 4.31 Å². The molecule has 1 saturated heterocycles. The third-order valence-electron chi connectivity index (χ3n) is 4.67. The highest BCUT2D eigenvalue weighted by atomic mass is 35.5. The summed E-state index contributed by atoms with van der Waals surface area (Å²) in [4.78, 5) is 12.9. The number of aryl methyl sites for hydroxylation is 1. The number of rotatable bonds is 6. The minimum atomic E-state index is -3.96. The van der Waals surface area contributed by atoms with Crippen molar-refractivity contribution >= 4 is 27.5 Å². The van der Waals surface area contributed by atoms with E-state index in [0.717, 1.165) is 28.3 Å². The van der Waals surface area contributed by atoms with E-state index in [4.69, 9.17) is 11.6 Å². The van der Waals surface area contributed by atoms with Gasteiger partial charge in [-0.3, -0.25) is 4.79 Å². The molecule has 1 heterocycles. The van der Waals surface area contributed by atoms with Crippen LogP contribution >= 0.6 is 11.6 Å². The number of amides is 1. The van der Waals surface area contributed by atoms with E-state index in [9.17, 15) is 13.2 Å². The smallest absolute Gasteiger partial charge is 0.268 e. The van der Waals surface area contributed by atoms with Crippen molar-refractivity contribution in [1.29, 1.82) is 0 Å². The zero-order valence-electron chi connectivity index (χ0n) is 15.4. The highest BCUT2D eigenvalue weighted by Crippen LogP contribution is 2.46. The Morgan fingerprint density at radius 1 is 1.07 bits per heavy atom. The molecule has 0 aromatic heterocycles. The number of hydrogen-bond acceptors (Lipinski definition) is 3. The summed E-state index contributed by atoms with van der Waals surface area (Å²) in [6, 6.07) is 15.0. The summed E-state index contributed by atoms with van der Waals surface area (Å²) < 4.78 is 27.2. The SMILES string of the molecule is CCCC/C(Cl)=C1\C(=O)N(S(=O)(=O)c2ccc(C)cc2)C1c1ccccc1. The highest BCUT2D eigenvalue weighted by molar-refractivity contribution is 7.89. The van der Waals surface area contributed by atoms with Gasteiger partial charge in [0, 0.05) is 5.03 Å². The summed E-state index contributed by atoms with van der Waals surface area (Å²) in [5.74, 6) is -0.537. The summed E-state index contributed by atoms with van der Waals surface area (Å²) in [5.41, 5.74) is 2.07. The number of unbranched alkanes of at least 4 members (excludes halogenated alkanes) is 1. The highest BCUT2D eigenvalue weighted by Gasteiger charge is 2.51. The molecule has 0 N–H and O–H groups in total. The number of halogens is 1. The molecule has 142 valence electrons. The molecule has 1 fully saturated rings. The van der Waals surface area contributed by atoms with E-state index in [-0.39, 0.29) is 4.90 Å². The van der Waals surface area contributed by atoms with E-state index in [2.05, 4.69) is 0 Å². The minimum absolute atomic E-state index is 0.103. The van der Waals surface area contributed by atoms with Crippen molar-refractivity contribution < 1.29 is 13.2 Å². The number of benzene rings is 2. The molecule has 1 aliphatic heterocycles. The number of nitrogens with zero attached hydrogens (tertiary/aromatic N) is 1. The van der Waals surface area contributed by atoms with Gasteiger partial charge in [-0.2, -0.15) is 0 Å². The molecular weight excluding hydrogens is 382 g/mol. The summed E-state index contributed by atoms with van der Waals surface area (Å²) in [6.45, 7) is 3.92. The van der Waals surface area contributed by atoms with Crippen LogP contribution in [0.25, 0.3) is 0 Å². The molecule has 1 unspecified atom stereocenters. The van der Waals surface area contributed by atoms with Crippen molar-refractivity contribution in [2.45, 2.75) is 44.0 Å². The molecular formula is C21H22ClNO3S. The average Bonchev–Trinajstić information content (AvgIpc) is 2.65. The van der Waals surface area contributed by atoms with E-state index >= 15 is 0 Å². The molecule has 0 spiro atoms. The number of carbonyl (C=O) groups is 1. The lowest BCUT2D eigenvalue weighted by Gasteiger charge is -2.42. The quantitative estimate of drug-likeness (QED) is 0.506. The molecule has 3 rings (SSSR count). The van der Waals surface area contributed by atoms with Crippen LogP contribution in [-0.2, 0) is 14.8 Å². The van der Waals surface area contributed by atoms with Crippen LogP contribution in [0.4, 0.5) is 0 Å². The minimum Gasteiger partial charge on any atom is -0.268 e. The third kappa shape index (κ3) is 3.66. The second-order valence-electron chi connectivity index (χ2n) is 6.65. The van der Waals surface area contributed by atoms with E-state index < -0.39 is 22.0 Å². The van der Waals surface area contributed by atoms with Crippen LogP contribution in [0.2, 0.25) is 0 Å². The van der Waals surface area contributed by atoms with Gasteiger partial charge >= 0.3 is 0 Å². The fraction of sp³-hybridized carbons (Fsp3) is 0.286. The van der Waals surface area contributed by atoms with Gasteiger partial charge in [0.05, 0.1) is 10.5 Å². The molecule has 0 bridgehead atoms. The molecule has 4 nitrogen and oxygen atoms in total. The van der Waals surface area contributed by atoms with Crippen molar-refractivity contribution in [3.05, 3.63) is 76.3 Å². The van der Waals surface area contributed by atoms with Crippen LogP contribution in [0.1, 0.15) is 43.4 Å². The average molecular weight is 404 g/mol. The van der Waals surface area contributed by atoms with Crippen LogP contribution in [-0.4, -0.2) is 18.6 Å². The van der Waals surface area contributed by atoms with Crippen molar-refractivity contribution in [2.24, 2.45) is 0 Å². The lowest BCUT2D eigenvalue weighted by molar-refractivity contribution is -0.130. The fourth-order valence-corrected chi connectivity index (χ4v) is 4.99. The summed E-state index contributed by atoms with van der Waals surface area (Å²) in [5, 5.41) is 0.450. The molecule has 1 amide bonds. The largest absolute Gasteiger partial charge is 0.268 e. The van der Waals surface area contributed by atoms with E-state index in [1.807, 2.05) is 44.2 Å². The number of sulfonamides is 1. The van der Waals surface area contributed by atoms with Crippen molar-refractivity contribution in [3.8, 4) is 0 Å². The molecule has 27 heavy (non-hydrogen) atoms. The zero-order chi connectivity index (χ0) is 19.6. The molecule has 1 aliphatic rings. The number of β-lactam (4-membered cyclic amide) rings is 1. The standard InChI is InChI=1S/C21H22ClNO3S/c1-3-4-10-18(22)19-20(16-8-6-5-7-9-16)23(21(19)24)27(25,26)17-13-11-15(2)12-14-17/h5-9,11-14,20H,3-4,10H2,1-2H3/b19-18+. The van der Waals surface area contributed by atoms with Crippen LogP contribution < -0.4 is 0 Å². The van der Waals surface area contributed by atoms with Crippen molar-refractivity contribution in [2.75, 3.05) is 0 Å². The second-order valence-corrected chi connectivity index (χ2v) is 8.93. The predicted octanol–water partition coefficient (Wildman–Crippen LogP) is 4.95. The monoisotopic (exact) mass is 403 g/mol. The van der Waals surface area contributed by atoms with E-state index in [1.165, 1.54) is 12.1 Å². The van der Waals surface area contributed by atoms with Gasteiger partial charge in [-0.1, -0.05) is 73.0 Å². The predicted molar refractivity (Wildman–Crippen MR) is 107 cm³/mol. The Kier molecular flexibility index (Phi) is 5.72. The van der Waals surface area contributed by atoms with Crippen LogP contribution in [0, 0.1) is 6.92 Å². The first-order valence-electron chi connectivity index (χ1n) is 8.97. The first-order valence-corrected chi connectivity index (χ1v) is 10.8. The molecule has 6 heteroatoms. The normalized spacial score (nSPS) is 19.0. The summed E-state index contributed by atoms with van der Waals surface area (Å²) >= 11 is 6.42. The topological polar surface area (TPSA) is 54.5 Å². The van der Waals surface area contributed by atoms with Gasteiger partial charge in [-0.15, -0.1) is 0 Å². The Balaban J connectivity index is 2.06. The second kappa shape index (κ2) is 7.87. The van der Waals surface area contributed by atoms with Crippen LogP contribution in [0.15, 0.2) is 70.1 Å². The Hall–Kier alpha value is -2.11. The summed E-state index contributed by atoms with van der Waals surface area (Å²) in [7, 11) is -3.96. The van der Waals surface area contributed by atoms with Gasteiger partial charge in [-0.05, 0) is 37.5 Å². The van der Waals surface area contributed by atoms with E-state index in [0.29, 0.717) is 17.0 Å². The maximum Gasteiger partial charge on any atom is 0.268 e. The Morgan fingerprint density at radius 2 is 1.70 bits per heavy atom. The first-order chi connectivity index (χ1) is 12.9. The van der Waals surface area contributed by atoms with Crippen LogP contribution in [0.3, 0.4) is 0 Å². The van der Waals surface area contributed by atoms with E-state index in [1.54, 1.807) is 12.1 Å². The Bertz CT molecular complexity index is 966. The Labute approximate surface area is 165 Å². The van der Waals surface area contributed by atoms with Gasteiger partial charge in [0.1, 0.15) is 6.04 Å². The maximum absolute atomic E-state index is 13.1. The molecule has 1 atom stereocenters. The number of hydrogen-bond donors (Lipinski definition) is 0. The van der Waals surface area contributed by atoms with Gasteiger partial charge in [0.15, 0.2) is 0 Å².